The van der Waals surface area contributed by atoms with E-state index in [0.717, 1.165) is 16.2 Å². The normalized spacial score (nSPS) is 10.3. The Bertz CT molecular complexity index is 596. The van der Waals surface area contributed by atoms with Gasteiger partial charge in [0.1, 0.15) is 5.03 Å². The van der Waals surface area contributed by atoms with E-state index in [-0.39, 0.29) is 5.56 Å². The van der Waals surface area contributed by atoms with Gasteiger partial charge in [-0.15, -0.1) is 0 Å². The van der Waals surface area contributed by atoms with Crippen molar-refractivity contribution < 1.29 is 9.90 Å². The highest BCUT2D eigenvalue weighted by Crippen LogP contribution is 2.31. The molecule has 1 aromatic heterocycles. The number of carbonyl (C=O) groups is 1. The van der Waals surface area contributed by atoms with Crippen LogP contribution in [0, 0.1) is 13.8 Å². The lowest BCUT2D eigenvalue weighted by Gasteiger charge is -2.07. The molecule has 0 spiro atoms. The highest BCUT2D eigenvalue weighted by molar-refractivity contribution is 7.99. The Kier molecular flexibility index (Phi) is 3.67. The highest BCUT2D eigenvalue weighted by atomic mass is 32.2. The molecule has 1 N–H and O–H groups in total. The molecular weight excluding hydrogens is 246 g/mol. The van der Waals surface area contributed by atoms with Gasteiger partial charge in [0.2, 0.25) is 0 Å². The molecule has 1 heterocycles. The number of aromatic carboxylic acids is 1. The van der Waals surface area contributed by atoms with Crippen LogP contribution >= 0.6 is 11.8 Å². The zero-order chi connectivity index (χ0) is 13.1. The van der Waals surface area contributed by atoms with Crippen molar-refractivity contribution in [1.29, 1.82) is 0 Å². The Morgan fingerprint density at radius 2 is 1.89 bits per heavy atom. The van der Waals surface area contributed by atoms with E-state index in [9.17, 15) is 4.79 Å². The van der Waals surface area contributed by atoms with Crippen LogP contribution < -0.4 is 0 Å². The number of nitrogens with zero attached hydrogens (tertiary/aromatic N) is 1. The lowest BCUT2D eigenvalue weighted by molar-refractivity contribution is 0.0692. The fraction of sp³-hybridized carbons (Fsp3) is 0.143. The predicted molar refractivity (Wildman–Crippen MR) is 71.2 cm³/mol. The number of benzene rings is 1. The van der Waals surface area contributed by atoms with Crippen LogP contribution in [0.2, 0.25) is 0 Å². The van der Waals surface area contributed by atoms with Gasteiger partial charge in [-0.05, 0) is 37.6 Å². The molecule has 4 heteroatoms. The third-order valence-electron chi connectivity index (χ3n) is 2.53. The van der Waals surface area contributed by atoms with Gasteiger partial charge in [-0.3, -0.25) is 0 Å². The van der Waals surface area contributed by atoms with Crippen LogP contribution in [0.25, 0.3) is 0 Å². The zero-order valence-corrected chi connectivity index (χ0v) is 11.0. The van der Waals surface area contributed by atoms with Gasteiger partial charge in [0, 0.05) is 10.6 Å². The lowest BCUT2D eigenvalue weighted by Crippen LogP contribution is -2.01. The number of aryl methyl sites for hydroxylation is 2. The van der Waals surface area contributed by atoms with E-state index >= 15 is 0 Å². The average Bonchev–Trinajstić information content (AvgIpc) is 2.32. The molecule has 3 nitrogen and oxygen atoms in total. The van der Waals surface area contributed by atoms with Gasteiger partial charge in [0.15, 0.2) is 0 Å². The summed E-state index contributed by atoms with van der Waals surface area (Å²) in [5.74, 6) is -0.946. The molecule has 1 aromatic carbocycles. The molecule has 0 saturated heterocycles. The summed E-state index contributed by atoms with van der Waals surface area (Å²) in [6.07, 6.45) is 0. The standard InChI is InChI=1S/C14H13NO2S/c1-9-5-3-4-6-12(9)18-13-11(14(16)17)8-7-10(2)15-13/h3-8H,1-2H3,(H,16,17). The first-order valence-electron chi connectivity index (χ1n) is 5.52. The van der Waals surface area contributed by atoms with Gasteiger partial charge in [0.25, 0.3) is 0 Å². The Morgan fingerprint density at radius 3 is 2.56 bits per heavy atom. The van der Waals surface area contributed by atoms with Crippen molar-refractivity contribution in [3.05, 3.63) is 53.2 Å². The van der Waals surface area contributed by atoms with Crippen molar-refractivity contribution in [2.24, 2.45) is 0 Å². The Labute approximate surface area is 110 Å². The molecule has 92 valence electrons. The fourth-order valence-corrected chi connectivity index (χ4v) is 2.59. The van der Waals surface area contributed by atoms with Gasteiger partial charge < -0.3 is 5.11 Å². The molecule has 0 fully saturated rings. The number of hydrogen-bond acceptors (Lipinski definition) is 3. The van der Waals surface area contributed by atoms with E-state index in [1.165, 1.54) is 11.8 Å². The Morgan fingerprint density at radius 1 is 1.17 bits per heavy atom. The fourth-order valence-electron chi connectivity index (χ4n) is 1.55. The Hall–Kier alpha value is -1.81. The minimum atomic E-state index is -0.946. The third kappa shape index (κ3) is 2.71. The van der Waals surface area contributed by atoms with Gasteiger partial charge >= 0.3 is 5.97 Å². The molecule has 2 aromatic rings. The second-order valence-electron chi connectivity index (χ2n) is 3.98. The first kappa shape index (κ1) is 12.6. The molecule has 0 aliphatic heterocycles. The predicted octanol–water partition coefficient (Wildman–Crippen LogP) is 3.55. The van der Waals surface area contributed by atoms with E-state index in [1.54, 1.807) is 12.1 Å². The van der Waals surface area contributed by atoms with Crippen LogP contribution in [0.3, 0.4) is 0 Å². The molecule has 0 atom stereocenters. The van der Waals surface area contributed by atoms with Gasteiger partial charge in [0.05, 0.1) is 5.56 Å². The van der Waals surface area contributed by atoms with E-state index in [2.05, 4.69) is 4.98 Å². The molecular formula is C14H13NO2S. The topological polar surface area (TPSA) is 50.2 Å². The maximum Gasteiger partial charge on any atom is 0.338 e. The number of carboxylic acids is 1. The molecule has 0 aliphatic carbocycles. The molecule has 0 saturated carbocycles. The van der Waals surface area contributed by atoms with Crippen molar-refractivity contribution in [1.82, 2.24) is 4.98 Å². The highest BCUT2D eigenvalue weighted by Gasteiger charge is 2.13. The van der Waals surface area contributed by atoms with Gasteiger partial charge in [-0.2, -0.15) is 0 Å². The quantitative estimate of drug-likeness (QED) is 0.915. The number of rotatable bonds is 3. The number of pyridine rings is 1. The molecule has 18 heavy (non-hydrogen) atoms. The smallest absolute Gasteiger partial charge is 0.338 e. The first-order valence-corrected chi connectivity index (χ1v) is 6.34. The van der Waals surface area contributed by atoms with Crippen LogP contribution in [-0.2, 0) is 0 Å². The van der Waals surface area contributed by atoms with Crippen molar-refractivity contribution in [2.45, 2.75) is 23.8 Å². The summed E-state index contributed by atoms with van der Waals surface area (Å²) in [5, 5.41) is 9.69. The van der Waals surface area contributed by atoms with E-state index in [4.69, 9.17) is 5.11 Å². The van der Waals surface area contributed by atoms with Crippen LogP contribution in [0.1, 0.15) is 21.6 Å². The summed E-state index contributed by atoms with van der Waals surface area (Å²) >= 11 is 1.39. The summed E-state index contributed by atoms with van der Waals surface area (Å²) in [6.45, 7) is 3.85. The van der Waals surface area contributed by atoms with Crippen molar-refractivity contribution in [3.63, 3.8) is 0 Å². The van der Waals surface area contributed by atoms with E-state index < -0.39 is 5.97 Å². The number of aromatic nitrogens is 1. The molecule has 0 unspecified atom stereocenters. The van der Waals surface area contributed by atoms with Gasteiger partial charge in [-0.25, -0.2) is 9.78 Å². The van der Waals surface area contributed by atoms with Crippen molar-refractivity contribution in [3.8, 4) is 0 Å². The monoisotopic (exact) mass is 259 g/mol. The largest absolute Gasteiger partial charge is 0.478 e. The van der Waals surface area contributed by atoms with Crippen molar-refractivity contribution >= 4 is 17.7 Å². The van der Waals surface area contributed by atoms with Crippen LogP contribution in [0.15, 0.2) is 46.3 Å². The zero-order valence-electron chi connectivity index (χ0n) is 10.2. The average molecular weight is 259 g/mol. The SMILES string of the molecule is Cc1ccc(C(=O)O)c(Sc2ccccc2C)n1. The maximum absolute atomic E-state index is 11.2. The number of hydrogen-bond donors (Lipinski definition) is 1. The first-order chi connectivity index (χ1) is 8.58. The van der Waals surface area contributed by atoms with Crippen LogP contribution in [0.5, 0.6) is 0 Å². The van der Waals surface area contributed by atoms with Crippen LogP contribution in [-0.4, -0.2) is 16.1 Å². The lowest BCUT2D eigenvalue weighted by atomic mass is 10.2. The molecule has 0 amide bonds. The third-order valence-corrected chi connectivity index (χ3v) is 3.71. The molecule has 0 radical (unpaired) electrons. The maximum atomic E-state index is 11.2. The second kappa shape index (κ2) is 5.23. The van der Waals surface area contributed by atoms with Crippen LogP contribution in [0.4, 0.5) is 0 Å². The number of carboxylic acid groups (broad SMARTS) is 1. The van der Waals surface area contributed by atoms with Crippen molar-refractivity contribution in [2.75, 3.05) is 0 Å². The second-order valence-corrected chi connectivity index (χ2v) is 5.01. The summed E-state index contributed by atoms with van der Waals surface area (Å²) in [5.41, 5.74) is 2.17. The summed E-state index contributed by atoms with van der Waals surface area (Å²) in [6, 6.07) is 11.2. The Balaban J connectivity index is 2.42. The molecule has 0 bridgehead atoms. The summed E-state index contributed by atoms with van der Waals surface area (Å²) < 4.78 is 0. The van der Waals surface area contributed by atoms with E-state index in [0.29, 0.717) is 5.03 Å². The summed E-state index contributed by atoms with van der Waals surface area (Å²) in [4.78, 5) is 16.5. The minimum absolute atomic E-state index is 0.244. The summed E-state index contributed by atoms with van der Waals surface area (Å²) in [7, 11) is 0. The molecule has 0 aliphatic rings. The van der Waals surface area contributed by atoms with Gasteiger partial charge in [-0.1, -0.05) is 30.0 Å². The van der Waals surface area contributed by atoms with E-state index in [1.807, 2.05) is 38.1 Å². The minimum Gasteiger partial charge on any atom is -0.478 e. The molecule has 2 rings (SSSR count).